The van der Waals surface area contributed by atoms with Gasteiger partial charge in [-0.25, -0.2) is 0 Å². The van der Waals surface area contributed by atoms with Gasteiger partial charge in [0.25, 0.3) is 0 Å². The van der Waals surface area contributed by atoms with Gasteiger partial charge in [0.15, 0.2) is 0 Å². The smallest absolute Gasteiger partial charge is 0.223 e. The van der Waals surface area contributed by atoms with E-state index in [0.717, 1.165) is 12.1 Å². The summed E-state index contributed by atoms with van der Waals surface area (Å²) < 4.78 is 5.43. The van der Waals surface area contributed by atoms with Crippen molar-refractivity contribution in [3.63, 3.8) is 0 Å². The summed E-state index contributed by atoms with van der Waals surface area (Å²) in [6.07, 6.45) is 0.324. The van der Waals surface area contributed by atoms with Gasteiger partial charge in [-0.15, -0.1) is 0 Å². The number of halogens is 1. The molecule has 2 N–H and O–H groups in total. The molecule has 0 unspecified atom stereocenters. The first-order chi connectivity index (χ1) is 8.17. The Morgan fingerprint density at radius 2 is 2.18 bits per heavy atom. The molecule has 0 radical (unpaired) electrons. The van der Waals surface area contributed by atoms with E-state index in [-0.39, 0.29) is 5.91 Å². The van der Waals surface area contributed by atoms with Crippen LogP contribution >= 0.6 is 11.6 Å². The van der Waals surface area contributed by atoms with Gasteiger partial charge in [0.2, 0.25) is 5.91 Å². The lowest BCUT2D eigenvalue weighted by atomic mass is 10.2. The maximum Gasteiger partial charge on any atom is 0.223 e. The maximum atomic E-state index is 11.0. The van der Waals surface area contributed by atoms with Crippen LogP contribution < -0.4 is 15.4 Å². The zero-order valence-electron chi connectivity index (χ0n) is 10.0. The van der Waals surface area contributed by atoms with Crippen LogP contribution in [0.4, 0.5) is 0 Å². The van der Waals surface area contributed by atoms with Crippen LogP contribution in [-0.4, -0.2) is 26.6 Å². The van der Waals surface area contributed by atoms with Crippen molar-refractivity contribution in [1.82, 2.24) is 10.6 Å². The van der Waals surface area contributed by atoms with Crippen LogP contribution in [0.5, 0.6) is 5.75 Å². The minimum Gasteiger partial charge on any atom is -0.491 e. The molecule has 0 bridgehead atoms. The van der Waals surface area contributed by atoms with Crippen molar-refractivity contribution in [2.45, 2.75) is 13.0 Å². The fraction of sp³-hybridized carbons (Fsp3) is 0.417. The van der Waals surface area contributed by atoms with E-state index in [2.05, 4.69) is 10.6 Å². The highest BCUT2D eigenvalue weighted by Crippen LogP contribution is 2.25. The van der Waals surface area contributed by atoms with Crippen molar-refractivity contribution >= 4 is 17.5 Å². The second kappa shape index (κ2) is 7.14. The second-order valence-corrected chi connectivity index (χ2v) is 3.97. The average molecular weight is 257 g/mol. The summed E-state index contributed by atoms with van der Waals surface area (Å²) in [6.45, 7) is 1.09. The van der Waals surface area contributed by atoms with Gasteiger partial charge in [-0.1, -0.05) is 17.7 Å². The fourth-order valence-electron chi connectivity index (χ4n) is 1.35. The first-order valence-corrected chi connectivity index (χ1v) is 5.81. The van der Waals surface area contributed by atoms with Crippen molar-refractivity contribution in [1.29, 1.82) is 0 Å². The minimum absolute atomic E-state index is 0.0482. The van der Waals surface area contributed by atoms with Crippen molar-refractivity contribution in [3.05, 3.63) is 28.8 Å². The summed E-state index contributed by atoms with van der Waals surface area (Å²) in [4.78, 5) is 11.0. The van der Waals surface area contributed by atoms with Gasteiger partial charge < -0.3 is 15.4 Å². The molecule has 0 aliphatic carbocycles. The SMILES string of the molecule is CNCc1ccc(OCCC(=O)NC)c(Cl)c1. The average Bonchev–Trinajstić information content (AvgIpc) is 2.32. The Balaban J connectivity index is 2.51. The van der Waals surface area contributed by atoms with Crippen LogP contribution in [0.3, 0.4) is 0 Å². The molecule has 4 nitrogen and oxygen atoms in total. The molecule has 1 aromatic rings. The largest absolute Gasteiger partial charge is 0.491 e. The van der Waals surface area contributed by atoms with E-state index in [1.165, 1.54) is 0 Å². The van der Waals surface area contributed by atoms with E-state index in [4.69, 9.17) is 16.3 Å². The van der Waals surface area contributed by atoms with Gasteiger partial charge in [-0.3, -0.25) is 4.79 Å². The van der Waals surface area contributed by atoms with Gasteiger partial charge in [0.05, 0.1) is 18.1 Å². The highest BCUT2D eigenvalue weighted by molar-refractivity contribution is 6.32. The van der Waals surface area contributed by atoms with E-state index in [9.17, 15) is 4.79 Å². The number of carbonyl (C=O) groups is 1. The zero-order chi connectivity index (χ0) is 12.7. The third kappa shape index (κ3) is 4.63. The van der Waals surface area contributed by atoms with E-state index in [0.29, 0.717) is 23.8 Å². The number of benzene rings is 1. The predicted octanol–water partition coefficient (Wildman–Crippen LogP) is 1.57. The van der Waals surface area contributed by atoms with Gasteiger partial charge in [-0.05, 0) is 24.7 Å². The van der Waals surface area contributed by atoms with E-state index >= 15 is 0 Å². The molecule has 0 saturated heterocycles. The molecule has 0 saturated carbocycles. The molecule has 0 aliphatic heterocycles. The van der Waals surface area contributed by atoms with E-state index in [1.807, 2.05) is 25.2 Å². The summed E-state index contributed by atoms with van der Waals surface area (Å²) >= 11 is 6.06. The summed E-state index contributed by atoms with van der Waals surface area (Å²) in [5.74, 6) is 0.559. The topological polar surface area (TPSA) is 50.4 Å². The fourth-order valence-corrected chi connectivity index (χ4v) is 1.61. The van der Waals surface area contributed by atoms with Crippen molar-refractivity contribution < 1.29 is 9.53 Å². The zero-order valence-corrected chi connectivity index (χ0v) is 10.8. The lowest BCUT2D eigenvalue weighted by Crippen LogP contribution is -2.20. The van der Waals surface area contributed by atoms with Crippen LogP contribution in [-0.2, 0) is 11.3 Å². The molecule has 0 spiro atoms. The van der Waals surface area contributed by atoms with E-state index < -0.39 is 0 Å². The van der Waals surface area contributed by atoms with Crippen LogP contribution in [0.1, 0.15) is 12.0 Å². The summed E-state index contributed by atoms with van der Waals surface area (Å²) in [7, 11) is 3.48. The number of rotatable bonds is 6. The first-order valence-electron chi connectivity index (χ1n) is 5.43. The molecule has 0 heterocycles. The molecule has 1 rings (SSSR count). The Hall–Kier alpha value is -1.26. The third-order valence-electron chi connectivity index (χ3n) is 2.24. The highest BCUT2D eigenvalue weighted by atomic mass is 35.5. The molecule has 94 valence electrons. The Bertz CT molecular complexity index is 383. The maximum absolute atomic E-state index is 11.0. The number of hydrogen-bond acceptors (Lipinski definition) is 3. The third-order valence-corrected chi connectivity index (χ3v) is 2.54. The monoisotopic (exact) mass is 256 g/mol. The summed E-state index contributed by atoms with van der Waals surface area (Å²) in [6, 6.07) is 5.61. The molecule has 0 fully saturated rings. The Kier molecular flexibility index (Phi) is 5.80. The lowest BCUT2D eigenvalue weighted by Gasteiger charge is -2.09. The van der Waals surface area contributed by atoms with Crippen molar-refractivity contribution in [2.24, 2.45) is 0 Å². The molecule has 1 amide bonds. The van der Waals surface area contributed by atoms with Crippen LogP contribution in [0.2, 0.25) is 5.02 Å². The van der Waals surface area contributed by atoms with Crippen LogP contribution in [0.15, 0.2) is 18.2 Å². The quantitative estimate of drug-likeness (QED) is 0.813. The molecule has 0 atom stereocenters. The highest BCUT2D eigenvalue weighted by Gasteiger charge is 2.04. The van der Waals surface area contributed by atoms with Crippen molar-refractivity contribution in [2.75, 3.05) is 20.7 Å². The number of ether oxygens (including phenoxy) is 1. The molecule has 0 aromatic heterocycles. The lowest BCUT2D eigenvalue weighted by molar-refractivity contribution is -0.121. The van der Waals surface area contributed by atoms with Crippen molar-refractivity contribution in [3.8, 4) is 5.75 Å². The molecule has 0 aliphatic rings. The standard InChI is InChI=1S/C12H17ClN2O2/c1-14-8-9-3-4-11(10(13)7-9)17-6-5-12(16)15-2/h3-4,7,14H,5-6,8H2,1-2H3,(H,15,16). The van der Waals surface area contributed by atoms with Gasteiger partial charge in [0, 0.05) is 13.6 Å². The van der Waals surface area contributed by atoms with Gasteiger partial charge >= 0.3 is 0 Å². The Labute approximate surface area is 106 Å². The number of amides is 1. The minimum atomic E-state index is -0.0482. The van der Waals surface area contributed by atoms with Crippen LogP contribution in [0, 0.1) is 0 Å². The predicted molar refractivity (Wildman–Crippen MR) is 68.4 cm³/mol. The Morgan fingerprint density at radius 3 is 2.76 bits per heavy atom. The van der Waals surface area contributed by atoms with Gasteiger partial charge in [-0.2, -0.15) is 0 Å². The second-order valence-electron chi connectivity index (χ2n) is 3.57. The molecule has 17 heavy (non-hydrogen) atoms. The van der Waals surface area contributed by atoms with Gasteiger partial charge in [0.1, 0.15) is 5.75 Å². The van der Waals surface area contributed by atoms with E-state index in [1.54, 1.807) is 7.05 Å². The summed E-state index contributed by atoms with van der Waals surface area (Å²) in [5.41, 5.74) is 1.09. The summed E-state index contributed by atoms with van der Waals surface area (Å²) in [5, 5.41) is 6.14. The van der Waals surface area contributed by atoms with Crippen LogP contribution in [0.25, 0.3) is 0 Å². The number of carbonyl (C=O) groups excluding carboxylic acids is 1. The molecular formula is C12H17ClN2O2. The molecule has 1 aromatic carbocycles. The number of nitrogens with one attached hydrogen (secondary N) is 2. The number of hydrogen-bond donors (Lipinski definition) is 2. The molecule has 5 heteroatoms. The normalized spacial score (nSPS) is 10.1. The molecular weight excluding hydrogens is 240 g/mol. The first kappa shape index (κ1) is 13.8. The Morgan fingerprint density at radius 1 is 1.41 bits per heavy atom.